The highest BCUT2D eigenvalue weighted by molar-refractivity contribution is 7.80. The summed E-state index contributed by atoms with van der Waals surface area (Å²) in [6, 6.07) is 12.2. The Morgan fingerprint density at radius 1 is 1.19 bits per heavy atom. The maximum Gasteiger partial charge on any atom is 0.119 e. The van der Waals surface area contributed by atoms with Crippen molar-refractivity contribution in [2.75, 3.05) is 7.11 Å². The van der Waals surface area contributed by atoms with Crippen LogP contribution in [0, 0.1) is 0 Å². The first kappa shape index (κ1) is 10.9. The first-order valence-electron chi connectivity index (χ1n) is 5.04. The minimum atomic E-state index is 0.521. The van der Waals surface area contributed by atoms with Crippen LogP contribution in [0.5, 0.6) is 5.75 Å². The fraction of sp³-hybridized carbons (Fsp3) is 0.154. The van der Waals surface area contributed by atoms with Gasteiger partial charge in [0, 0.05) is 6.42 Å². The summed E-state index contributed by atoms with van der Waals surface area (Å²) in [5.74, 6) is 0.870. The Morgan fingerprint density at radius 2 is 1.88 bits per heavy atom. The molecular weight excluding hydrogens is 218 g/mol. The molecular formula is C13H13NOS. The number of thiocarbonyl (C=S) groups is 1. The molecule has 2 aromatic carbocycles. The van der Waals surface area contributed by atoms with Crippen molar-refractivity contribution < 1.29 is 4.74 Å². The molecule has 2 N–H and O–H groups in total. The largest absolute Gasteiger partial charge is 0.497 e. The van der Waals surface area contributed by atoms with E-state index in [1.165, 1.54) is 5.39 Å². The van der Waals surface area contributed by atoms with E-state index < -0.39 is 0 Å². The second kappa shape index (κ2) is 4.49. The Hall–Kier alpha value is -1.61. The van der Waals surface area contributed by atoms with Gasteiger partial charge in [-0.3, -0.25) is 0 Å². The third-order valence-electron chi connectivity index (χ3n) is 2.49. The van der Waals surface area contributed by atoms with Crippen molar-refractivity contribution in [1.82, 2.24) is 0 Å². The van der Waals surface area contributed by atoms with E-state index in [-0.39, 0.29) is 0 Å². The molecule has 2 rings (SSSR count). The summed E-state index contributed by atoms with van der Waals surface area (Å²) in [6.45, 7) is 0. The molecule has 0 aliphatic carbocycles. The number of hydrogen-bond donors (Lipinski definition) is 1. The first-order valence-corrected chi connectivity index (χ1v) is 5.45. The van der Waals surface area contributed by atoms with Crippen molar-refractivity contribution in [1.29, 1.82) is 0 Å². The number of nitrogens with two attached hydrogens (primary N) is 1. The molecule has 0 heterocycles. The summed E-state index contributed by atoms with van der Waals surface area (Å²) in [6.07, 6.45) is 0.650. The highest BCUT2D eigenvalue weighted by Gasteiger charge is 1.99. The average molecular weight is 231 g/mol. The molecule has 3 heteroatoms. The molecule has 0 radical (unpaired) electrons. The van der Waals surface area contributed by atoms with Gasteiger partial charge in [0.2, 0.25) is 0 Å². The van der Waals surface area contributed by atoms with E-state index in [0.717, 1.165) is 16.7 Å². The summed E-state index contributed by atoms with van der Waals surface area (Å²) in [5, 5.41) is 2.33. The molecule has 0 aliphatic heterocycles. The molecule has 0 aromatic heterocycles. The van der Waals surface area contributed by atoms with Crippen molar-refractivity contribution in [3.63, 3.8) is 0 Å². The van der Waals surface area contributed by atoms with Gasteiger partial charge in [-0.2, -0.15) is 0 Å². The molecule has 0 unspecified atom stereocenters. The molecule has 0 fully saturated rings. The zero-order valence-electron chi connectivity index (χ0n) is 9.07. The molecule has 2 aromatic rings. The maximum atomic E-state index is 5.53. The van der Waals surface area contributed by atoms with E-state index in [1.54, 1.807) is 7.11 Å². The van der Waals surface area contributed by atoms with E-state index in [1.807, 2.05) is 24.3 Å². The predicted molar refractivity (Wildman–Crippen MR) is 71.0 cm³/mol. The number of benzene rings is 2. The van der Waals surface area contributed by atoms with Gasteiger partial charge in [-0.05, 0) is 28.5 Å². The van der Waals surface area contributed by atoms with Crippen LogP contribution in [0.25, 0.3) is 10.8 Å². The molecule has 16 heavy (non-hydrogen) atoms. The van der Waals surface area contributed by atoms with Gasteiger partial charge in [-0.15, -0.1) is 0 Å². The summed E-state index contributed by atoms with van der Waals surface area (Å²) in [4.78, 5) is 0.521. The Balaban J connectivity index is 2.43. The summed E-state index contributed by atoms with van der Waals surface area (Å²) in [7, 11) is 1.67. The third-order valence-corrected chi connectivity index (χ3v) is 2.63. The van der Waals surface area contributed by atoms with Crippen LogP contribution in [0.15, 0.2) is 36.4 Å². The zero-order chi connectivity index (χ0) is 11.5. The lowest BCUT2D eigenvalue weighted by atomic mass is 10.0. The highest BCUT2D eigenvalue weighted by atomic mass is 32.1. The van der Waals surface area contributed by atoms with Crippen molar-refractivity contribution in [3.8, 4) is 5.75 Å². The van der Waals surface area contributed by atoms with Crippen molar-refractivity contribution in [3.05, 3.63) is 42.0 Å². The minimum absolute atomic E-state index is 0.521. The number of rotatable bonds is 3. The van der Waals surface area contributed by atoms with Crippen LogP contribution >= 0.6 is 12.2 Å². The molecule has 82 valence electrons. The van der Waals surface area contributed by atoms with Crippen LogP contribution in [-0.2, 0) is 6.42 Å². The van der Waals surface area contributed by atoms with E-state index >= 15 is 0 Å². The van der Waals surface area contributed by atoms with Crippen molar-refractivity contribution >= 4 is 28.0 Å². The lowest BCUT2D eigenvalue weighted by molar-refractivity contribution is 0.415. The lowest BCUT2D eigenvalue weighted by Gasteiger charge is -2.05. The Morgan fingerprint density at radius 3 is 2.56 bits per heavy atom. The fourth-order valence-electron chi connectivity index (χ4n) is 1.71. The van der Waals surface area contributed by atoms with Gasteiger partial charge in [0.05, 0.1) is 12.1 Å². The quantitative estimate of drug-likeness (QED) is 0.825. The summed E-state index contributed by atoms with van der Waals surface area (Å²) < 4.78 is 5.18. The predicted octanol–water partition coefficient (Wildman–Crippen LogP) is 2.68. The topological polar surface area (TPSA) is 35.2 Å². The van der Waals surface area contributed by atoms with Crippen LogP contribution in [0.2, 0.25) is 0 Å². The second-order valence-electron chi connectivity index (χ2n) is 3.69. The van der Waals surface area contributed by atoms with Gasteiger partial charge in [0.25, 0.3) is 0 Å². The summed E-state index contributed by atoms with van der Waals surface area (Å²) >= 11 is 4.90. The molecule has 0 atom stereocenters. The number of ether oxygens (including phenoxy) is 1. The standard InChI is InChI=1S/C13H13NOS/c1-15-12-5-4-10-6-9(7-13(14)16)2-3-11(10)8-12/h2-6,8H,7H2,1H3,(H2,14,16). The van der Waals surface area contributed by atoms with Crippen molar-refractivity contribution in [2.45, 2.75) is 6.42 Å². The highest BCUT2D eigenvalue weighted by Crippen LogP contribution is 2.21. The average Bonchev–Trinajstić information content (AvgIpc) is 2.27. The van der Waals surface area contributed by atoms with Gasteiger partial charge >= 0.3 is 0 Å². The monoisotopic (exact) mass is 231 g/mol. The Bertz CT molecular complexity index is 536. The number of methoxy groups -OCH3 is 1. The zero-order valence-corrected chi connectivity index (χ0v) is 9.88. The molecule has 0 saturated heterocycles. The Kier molecular flexibility index (Phi) is 3.06. The molecule has 0 aliphatic rings. The van der Waals surface area contributed by atoms with Gasteiger partial charge in [-0.1, -0.05) is 36.5 Å². The van der Waals surface area contributed by atoms with Gasteiger partial charge in [0.1, 0.15) is 5.75 Å². The molecule has 2 nitrogen and oxygen atoms in total. The smallest absolute Gasteiger partial charge is 0.119 e. The molecule has 0 amide bonds. The number of fused-ring (bicyclic) bond motifs is 1. The van der Waals surface area contributed by atoms with Gasteiger partial charge in [-0.25, -0.2) is 0 Å². The van der Waals surface area contributed by atoms with E-state index in [9.17, 15) is 0 Å². The van der Waals surface area contributed by atoms with E-state index in [0.29, 0.717) is 11.4 Å². The SMILES string of the molecule is COc1ccc2cc(CC(N)=S)ccc2c1. The van der Waals surface area contributed by atoms with E-state index in [2.05, 4.69) is 12.1 Å². The second-order valence-corrected chi connectivity index (χ2v) is 4.21. The third kappa shape index (κ3) is 2.31. The number of hydrogen-bond acceptors (Lipinski definition) is 2. The van der Waals surface area contributed by atoms with Crippen molar-refractivity contribution in [2.24, 2.45) is 5.73 Å². The fourth-order valence-corrected chi connectivity index (χ4v) is 1.88. The first-order chi connectivity index (χ1) is 7.69. The van der Waals surface area contributed by atoms with Crippen LogP contribution in [-0.4, -0.2) is 12.1 Å². The summed E-state index contributed by atoms with van der Waals surface area (Å²) in [5.41, 5.74) is 6.67. The van der Waals surface area contributed by atoms with Crippen LogP contribution in [0.3, 0.4) is 0 Å². The molecule has 0 bridgehead atoms. The Labute approximate surface area is 100 Å². The molecule has 0 spiro atoms. The van der Waals surface area contributed by atoms with Gasteiger partial charge < -0.3 is 10.5 Å². The minimum Gasteiger partial charge on any atom is -0.497 e. The van der Waals surface area contributed by atoms with E-state index in [4.69, 9.17) is 22.7 Å². The molecule has 0 saturated carbocycles. The lowest BCUT2D eigenvalue weighted by Crippen LogP contribution is -2.10. The maximum absolute atomic E-state index is 5.53. The van der Waals surface area contributed by atoms with Gasteiger partial charge in [0.15, 0.2) is 0 Å². The normalized spacial score (nSPS) is 10.3. The van der Waals surface area contributed by atoms with Crippen LogP contribution < -0.4 is 10.5 Å². The van der Waals surface area contributed by atoms with Crippen LogP contribution in [0.1, 0.15) is 5.56 Å². The van der Waals surface area contributed by atoms with Crippen LogP contribution in [0.4, 0.5) is 0 Å².